The number of carbonyl (C=O) groups is 1. The number of thiazole rings is 1. The maximum atomic E-state index is 12.5. The van der Waals surface area contributed by atoms with E-state index in [9.17, 15) is 21.6 Å². The van der Waals surface area contributed by atoms with Gasteiger partial charge in [0, 0.05) is 31.2 Å². The molecule has 0 amide bonds. The standard InChI is InChI=1S/C22H24ClN3O3S2.C2HF3O2/c1-16-2-4-17(5-3-16)15-26-11-8-18(9-12-26)29-21-7-6-19(14-20(21)23)31(27,28)25-22-24-10-13-30-22;3-2(4,5)1(6)7/h2-7,10,13-14,18H,8-9,11-12,15H2,1H3,(H,24,25);(H,6,7). The van der Waals surface area contributed by atoms with Crippen molar-refractivity contribution < 1.29 is 36.2 Å². The molecule has 14 heteroatoms. The molecule has 1 aliphatic rings. The molecule has 0 radical (unpaired) electrons. The summed E-state index contributed by atoms with van der Waals surface area (Å²) in [7, 11) is -3.74. The fraction of sp³-hybridized carbons (Fsp3) is 0.333. The highest BCUT2D eigenvalue weighted by atomic mass is 35.5. The number of benzene rings is 2. The van der Waals surface area contributed by atoms with E-state index in [4.69, 9.17) is 26.2 Å². The number of carboxylic acids is 1. The Morgan fingerprint density at radius 2 is 1.84 bits per heavy atom. The van der Waals surface area contributed by atoms with E-state index in [1.807, 2.05) is 0 Å². The summed E-state index contributed by atoms with van der Waals surface area (Å²) in [4.78, 5) is 15.3. The average molecular weight is 592 g/mol. The molecule has 1 fully saturated rings. The Kier molecular flexibility index (Phi) is 9.99. The second-order valence-electron chi connectivity index (χ2n) is 8.42. The number of aromatic nitrogens is 1. The quantitative estimate of drug-likeness (QED) is 0.369. The monoisotopic (exact) mass is 591 g/mol. The highest BCUT2D eigenvalue weighted by molar-refractivity contribution is 7.93. The minimum Gasteiger partial charge on any atom is -0.489 e. The van der Waals surface area contributed by atoms with Crippen LogP contribution in [0.2, 0.25) is 5.02 Å². The minimum absolute atomic E-state index is 0.0580. The van der Waals surface area contributed by atoms with E-state index >= 15 is 0 Å². The molecule has 1 saturated heterocycles. The highest BCUT2D eigenvalue weighted by Crippen LogP contribution is 2.31. The molecular weight excluding hydrogens is 567 g/mol. The van der Waals surface area contributed by atoms with Gasteiger partial charge >= 0.3 is 12.1 Å². The van der Waals surface area contributed by atoms with Gasteiger partial charge in [-0.25, -0.2) is 18.2 Å². The van der Waals surface area contributed by atoms with Crippen molar-refractivity contribution in [1.82, 2.24) is 9.88 Å². The van der Waals surface area contributed by atoms with Crippen LogP contribution in [-0.4, -0.2) is 54.7 Å². The van der Waals surface area contributed by atoms with Crippen molar-refractivity contribution in [2.24, 2.45) is 0 Å². The normalized spacial score (nSPS) is 14.9. The molecule has 2 N–H and O–H groups in total. The Labute approximate surface area is 227 Å². The van der Waals surface area contributed by atoms with E-state index in [0.717, 1.165) is 32.5 Å². The van der Waals surface area contributed by atoms with E-state index in [-0.39, 0.29) is 16.0 Å². The number of rotatable bonds is 7. The Hall–Kier alpha value is -2.87. The zero-order chi connectivity index (χ0) is 27.9. The van der Waals surface area contributed by atoms with Gasteiger partial charge in [0.05, 0.1) is 9.92 Å². The van der Waals surface area contributed by atoms with Crippen LogP contribution in [-0.2, 0) is 21.4 Å². The van der Waals surface area contributed by atoms with Crippen LogP contribution in [0.25, 0.3) is 0 Å². The number of aliphatic carboxylic acids is 1. The third-order valence-electron chi connectivity index (χ3n) is 5.47. The lowest BCUT2D eigenvalue weighted by Gasteiger charge is -2.32. The van der Waals surface area contributed by atoms with Crippen LogP contribution in [0, 0.1) is 6.92 Å². The van der Waals surface area contributed by atoms with Gasteiger partial charge in [0.2, 0.25) is 0 Å². The first-order chi connectivity index (χ1) is 17.8. The van der Waals surface area contributed by atoms with E-state index in [2.05, 4.69) is 45.8 Å². The summed E-state index contributed by atoms with van der Waals surface area (Å²) >= 11 is 7.56. The number of likely N-dealkylation sites (tertiary alicyclic amines) is 1. The van der Waals surface area contributed by atoms with Crippen LogP contribution in [0.3, 0.4) is 0 Å². The van der Waals surface area contributed by atoms with Crippen molar-refractivity contribution in [2.75, 3.05) is 17.8 Å². The first-order valence-electron chi connectivity index (χ1n) is 11.3. The first kappa shape index (κ1) is 29.7. The predicted octanol–water partition coefficient (Wildman–Crippen LogP) is 5.58. The van der Waals surface area contributed by atoms with Crippen molar-refractivity contribution in [2.45, 2.75) is 43.5 Å². The molecule has 3 aromatic rings. The Morgan fingerprint density at radius 3 is 2.37 bits per heavy atom. The van der Waals surface area contributed by atoms with Gasteiger partial charge < -0.3 is 9.84 Å². The number of halogens is 4. The third-order valence-corrected chi connectivity index (χ3v) is 7.91. The number of hydrogen-bond donors (Lipinski definition) is 2. The van der Waals surface area contributed by atoms with Gasteiger partial charge in [0.15, 0.2) is 5.13 Å². The van der Waals surface area contributed by atoms with Crippen LogP contribution in [0.4, 0.5) is 18.3 Å². The molecule has 38 heavy (non-hydrogen) atoms. The second kappa shape index (κ2) is 12.8. The molecule has 0 saturated carbocycles. The van der Waals surface area contributed by atoms with E-state index in [1.165, 1.54) is 34.6 Å². The average Bonchev–Trinajstić information content (AvgIpc) is 3.35. The van der Waals surface area contributed by atoms with E-state index in [0.29, 0.717) is 10.9 Å². The van der Waals surface area contributed by atoms with Crippen molar-refractivity contribution >= 4 is 44.1 Å². The number of carboxylic acid groups (broad SMARTS) is 1. The van der Waals surface area contributed by atoms with Crippen molar-refractivity contribution in [3.63, 3.8) is 0 Å². The summed E-state index contributed by atoms with van der Waals surface area (Å²) in [6.45, 7) is 4.92. The van der Waals surface area contributed by atoms with Crippen LogP contribution >= 0.6 is 22.9 Å². The third kappa shape index (κ3) is 8.86. The summed E-state index contributed by atoms with van der Waals surface area (Å²) < 4.78 is 65.3. The molecule has 1 aromatic heterocycles. The molecule has 4 rings (SSSR count). The highest BCUT2D eigenvalue weighted by Gasteiger charge is 2.38. The molecule has 2 aromatic carbocycles. The Balaban J connectivity index is 0.000000505. The van der Waals surface area contributed by atoms with Crippen LogP contribution in [0.1, 0.15) is 24.0 Å². The van der Waals surface area contributed by atoms with Gasteiger partial charge in [0.1, 0.15) is 11.9 Å². The minimum atomic E-state index is -5.08. The number of sulfonamides is 1. The molecule has 0 atom stereocenters. The van der Waals surface area contributed by atoms with Gasteiger partial charge in [-0.3, -0.25) is 9.62 Å². The number of aryl methyl sites for hydroxylation is 1. The molecule has 0 bridgehead atoms. The Bertz CT molecular complexity index is 1310. The van der Waals surface area contributed by atoms with Crippen molar-refractivity contribution in [3.05, 3.63) is 70.2 Å². The fourth-order valence-electron chi connectivity index (χ4n) is 3.51. The van der Waals surface area contributed by atoms with Crippen LogP contribution in [0.5, 0.6) is 5.75 Å². The number of nitrogens with zero attached hydrogens (tertiary/aromatic N) is 2. The van der Waals surface area contributed by atoms with E-state index in [1.54, 1.807) is 17.6 Å². The topological polar surface area (TPSA) is 109 Å². The number of ether oxygens (including phenoxy) is 1. The van der Waals surface area contributed by atoms with Crippen molar-refractivity contribution in [1.29, 1.82) is 0 Å². The predicted molar refractivity (Wildman–Crippen MR) is 138 cm³/mol. The SMILES string of the molecule is Cc1ccc(CN2CCC(Oc3ccc(S(=O)(=O)Nc4nccs4)cc3Cl)CC2)cc1.O=C(O)C(F)(F)F. The van der Waals surface area contributed by atoms with Crippen LogP contribution in [0.15, 0.2) is 58.9 Å². The molecule has 1 aliphatic heterocycles. The summed E-state index contributed by atoms with van der Waals surface area (Å²) in [5, 5.41) is 9.42. The molecule has 0 aliphatic carbocycles. The van der Waals surface area contributed by atoms with Gasteiger partial charge in [-0.1, -0.05) is 41.4 Å². The summed E-state index contributed by atoms with van der Waals surface area (Å²) in [6, 6.07) is 13.2. The molecule has 2 heterocycles. The lowest BCUT2D eigenvalue weighted by Crippen LogP contribution is -2.37. The number of piperidine rings is 1. The zero-order valence-corrected chi connectivity index (χ0v) is 22.5. The molecule has 0 spiro atoms. The van der Waals surface area contributed by atoms with Gasteiger partial charge in [0.25, 0.3) is 10.0 Å². The lowest BCUT2D eigenvalue weighted by atomic mass is 10.1. The Morgan fingerprint density at radius 1 is 1.21 bits per heavy atom. The summed E-state index contributed by atoms with van der Waals surface area (Å²) in [5.41, 5.74) is 2.58. The number of nitrogens with one attached hydrogen (secondary N) is 1. The van der Waals surface area contributed by atoms with Gasteiger partial charge in [-0.15, -0.1) is 11.3 Å². The number of hydrogen-bond acceptors (Lipinski definition) is 7. The van der Waals surface area contributed by atoms with Gasteiger partial charge in [-0.2, -0.15) is 13.2 Å². The first-order valence-corrected chi connectivity index (χ1v) is 14.0. The summed E-state index contributed by atoms with van der Waals surface area (Å²) in [6.07, 6.45) is -1.69. The fourth-order valence-corrected chi connectivity index (χ4v) is 5.61. The molecule has 0 unspecified atom stereocenters. The molecule has 206 valence electrons. The van der Waals surface area contributed by atoms with Gasteiger partial charge in [-0.05, 0) is 43.5 Å². The van der Waals surface area contributed by atoms with Crippen LogP contribution < -0.4 is 9.46 Å². The lowest BCUT2D eigenvalue weighted by molar-refractivity contribution is -0.192. The van der Waals surface area contributed by atoms with E-state index < -0.39 is 22.2 Å². The maximum absolute atomic E-state index is 12.5. The second-order valence-corrected chi connectivity index (χ2v) is 11.4. The number of anilines is 1. The molecule has 8 nitrogen and oxygen atoms in total. The van der Waals surface area contributed by atoms with Crippen molar-refractivity contribution in [3.8, 4) is 5.75 Å². The number of alkyl halides is 3. The maximum Gasteiger partial charge on any atom is 0.490 e. The largest absolute Gasteiger partial charge is 0.490 e. The smallest absolute Gasteiger partial charge is 0.489 e. The molecular formula is C24H25ClF3N3O5S2. The summed E-state index contributed by atoms with van der Waals surface area (Å²) in [5.74, 6) is -2.25. The zero-order valence-electron chi connectivity index (χ0n) is 20.1.